The summed E-state index contributed by atoms with van der Waals surface area (Å²) in [7, 11) is 0. The average Bonchev–Trinajstić information content (AvgIpc) is 3.17. The van der Waals surface area contributed by atoms with Gasteiger partial charge < -0.3 is 4.90 Å². The van der Waals surface area contributed by atoms with Gasteiger partial charge in [-0.15, -0.1) is 0 Å². The molecule has 1 aromatic carbocycles. The standard InChI is InChI=1S/C12H10ClF3N2O3/c13-9-5-7(1-4-10(9)18(20)21)11(19)17(8-2-3-8)6-12(14,15)16/h1,4-5,8H,2-3,6H2. The molecular weight excluding hydrogens is 313 g/mol. The summed E-state index contributed by atoms with van der Waals surface area (Å²) >= 11 is 5.67. The molecule has 0 aromatic heterocycles. The number of rotatable bonds is 4. The van der Waals surface area contributed by atoms with Gasteiger partial charge in [0.05, 0.1) is 4.92 Å². The Hall–Kier alpha value is -1.83. The van der Waals surface area contributed by atoms with Gasteiger partial charge in [-0.25, -0.2) is 0 Å². The maximum absolute atomic E-state index is 12.5. The van der Waals surface area contributed by atoms with E-state index in [1.165, 1.54) is 0 Å². The number of alkyl halides is 3. The Bertz CT molecular complexity index is 588. The van der Waals surface area contributed by atoms with Crippen molar-refractivity contribution in [1.82, 2.24) is 4.90 Å². The highest BCUT2D eigenvalue weighted by molar-refractivity contribution is 6.33. The Kier molecular flexibility index (Phi) is 4.08. The maximum atomic E-state index is 12.5. The van der Waals surface area contributed by atoms with Crippen molar-refractivity contribution in [2.24, 2.45) is 0 Å². The van der Waals surface area contributed by atoms with Crippen molar-refractivity contribution in [3.8, 4) is 0 Å². The predicted molar refractivity (Wildman–Crippen MR) is 68.2 cm³/mol. The first-order valence-electron chi connectivity index (χ1n) is 6.00. The third-order valence-corrected chi connectivity index (χ3v) is 3.29. The summed E-state index contributed by atoms with van der Waals surface area (Å²) in [4.78, 5) is 22.8. The summed E-state index contributed by atoms with van der Waals surface area (Å²) in [6, 6.07) is 2.70. The van der Waals surface area contributed by atoms with Crippen molar-refractivity contribution in [3.05, 3.63) is 38.9 Å². The molecule has 2 rings (SSSR count). The van der Waals surface area contributed by atoms with Crippen LogP contribution < -0.4 is 0 Å². The summed E-state index contributed by atoms with van der Waals surface area (Å²) in [5.41, 5.74) is -0.497. The highest BCUT2D eigenvalue weighted by atomic mass is 35.5. The lowest BCUT2D eigenvalue weighted by atomic mass is 10.1. The highest BCUT2D eigenvalue weighted by Gasteiger charge is 2.41. The van der Waals surface area contributed by atoms with E-state index in [0.29, 0.717) is 12.8 Å². The molecule has 1 saturated carbocycles. The van der Waals surface area contributed by atoms with E-state index in [-0.39, 0.29) is 10.6 Å². The number of halogens is 4. The van der Waals surface area contributed by atoms with E-state index in [0.717, 1.165) is 23.1 Å². The van der Waals surface area contributed by atoms with Crippen molar-refractivity contribution in [2.75, 3.05) is 6.54 Å². The fourth-order valence-corrected chi connectivity index (χ4v) is 2.15. The monoisotopic (exact) mass is 322 g/mol. The Labute approximate surface area is 122 Å². The summed E-state index contributed by atoms with van der Waals surface area (Å²) in [5.74, 6) is -0.827. The summed E-state index contributed by atoms with van der Waals surface area (Å²) < 4.78 is 37.5. The molecule has 0 unspecified atom stereocenters. The topological polar surface area (TPSA) is 63.4 Å². The summed E-state index contributed by atoms with van der Waals surface area (Å²) in [6.45, 7) is -1.34. The predicted octanol–water partition coefficient (Wildman–Crippen LogP) is 3.42. The van der Waals surface area contributed by atoms with Crippen molar-refractivity contribution < 1.29 is 22.9 Å². The van der Waals surface area contributed by atoms with Gasteiger partial charge >= 0.3 is 6.18 Å². The van der Waals surface area contributed by atoms with E-state index in [1.54, 1.807) is 0 Å². The quantitative estimate of drug-likeness (QED) is 0.630. The minimum Gasteiger partial charge on any atom is -0.327 e. The van der Waals surface area contributed by atoms with Crippen LogP contribution in [0, 0.1) is 10.1 Å². The van der Waals surface area contributed by atoms with Gasteiger partial charge in [-0.3, -0.25) is 14.9 Å². The lowest BCUT2D eigenvalue weighted by molar-refractivity contribution is -0.384. The molecule has 0 spiro atoms. The lowest BCUT2D eigenvalue weighted by Gasteiger charge is -2.23. The van der Waals surface area contributed by atoms with Crippen LogP contribution in [-0.4, -0.2) is 34.5 Å². The highest BCUT2D eigenvalue weighted by Crippen LogP contribution is 2.32. The van der Waals surface area contributed by atoms with Gasteiger partial charge in [0, 0.05) is 17.7 Å². The van der Waals surface area contributed by atoms with E-state index in [1.807, 2.05) is 0 Å². The van der Waals surface area contributed by atoms with Gasteiger partial charge in [-0.2, -0.15) is 13.2 Å². The van der Waals surface area contributed by atoms with Crippen LogP contribution in [0.1, 0.15) is 23.2 Å². The lowest BCUT2D eigenvalue weighted by Crippen LogP contribution is -2.40. The number of nitro groups is 1. The third kappa shape index (κ3) is 3.84. The van der Waals surface area contributed by atoms with E-state index >= 15 is 0 Å². The smallest absolute Gasteiger partial charge is 0.327 e. The molecule has 0 atom stereocenters. The minimum absolute atomic E-state index is 0.0956. The van der Waals surface area contributed by atoms with Crippen LogP contribution in [0.2, 0.25) is 5.02 Å². The zero-order chi connectivity index (χ0) is 15.8. The van der Waals surface area contributed by atoms with Gasteiger partial charge in [-0.1, -0.05) is 11.6 Å². The number of carbonyl (C=O) groups is 1. The zero-order valence-electron chi connectivity index (χ0n) is 10.6. The first-order valence-corrected chi connectivity index (χ1v) is 6.38. The number of benzene rings is 1. The molecule has 0 aliphatic heterocycles. The molecule has 0 heterocycles. The van der Waals surface area contributed by atoms with Crippen molar-refractivity contribution >= 4 is 23.2 Å². The zero-order valence-corrected chi connectivity index (χ0v) is 11.3. The van der Waals surface area contributed by atoms with E-state index in [9.17, 15) is 28.1 Å². The fraction of sp³-hybridized carbons (Fsp3) is 0.417. The second kappa shape index (κ2) is 5.51. The van der Waals surface area contributed by atoms with E-state index < -0.39 is 35.3 Å². The SMILES string of the molecule is O=C(c1ccc([N+](=O)[O-])c(Cl)c1)N(CC(F)(F)F)C1CC1. The molecule has 114 valence electrons. The van der Waals surface area contributed by atoms with Gasteiger partial charge in [-0.05, 0) is 25.0 Å². The van der Waals surface area contributed by atoms with E-state index in [4.69, 9.17) is 11.6 Å². The summed E-state index contributed by atoms with van der Waals surface area (Å²) in [5, 5.41) is 10.3. The van der Waals surface area contributed by atoms with Gasteiger partial charge in [0.15, 0.2) is 0 Å². The minimum atomic E-state index is -4.50. The Morgan fingerprint density at radius 3 is 2.48 bits per heavy atom. The number of nitro benzene ring substituents is 1. The second-order valence-corrected chi connectivity index (χ2v) is 5.11. The normalized spacial score (nSPS) is 14.9. The molecule has 9 heteroatoms. The Morgan fingerprint density at radius 1 is 1.43 bits per heavy atom. The molecule has 0 N–H and O–H groups in total. The maximum Gasteiger partial charge on any atom is 0.406 e. The molecule has 5 nitrogen and oxygen atoms in total. The summed E-state index contributed by atoms with van der Waals surface area (Å²) in [6.07, 6.45) is -3.46. The van der Waals surface area contributed by atoms with Crippen LogP contribution in [0.3, 0.4) is 0 Å². The molecule has 1 fully saturated rings. The van der Waals surface area contributed by atoms with Gasteiger partial charge in [0.2, 0.25) is 0 Å². The third-order valence-electron chi connectivity index (χ3n) is 2.99. The molecular formula is C12H10ClF3N2O3. The first-order chi connectivity index (χ1) is 9.69. The second-order valence-electron chi connectivity index (χ2n) is 4.70. The number of nitrogens with zero attached hydrogens (tertiary/aromatic N) is 2. The molecule has 1 aromatic rings. The molecule has 21 heavy (non-hydrogen) atoms. The molecule has 1 aliphatic carbocycles. The Balaban J connectivity index is 2.25. The van der Waals surface area contributed by atoms with Crippen molar-refractivity contribution in [2.45, 2.75) is 25.1 Å². The van der Waals surface area contributed by atoms with Crippen LogP contribution in [-0.2, 0) is 0 Å². The van der Waals surface area contributed by atoms with E-state index in [2.05, 4.69) is 0 Å². The van der Waals surface area contributed by atoms with Crippen molar-refractivity contribution in [1.29, 1.82) is 0 Å². The number of hydrogen-bond acceptors (Lipinski definition) is 3. The fourth-order valence-electron chi connectivity index (χ4n) is 1.90. The van der Waals surface area contributed by atoms with Crippen LogP contribution in [0.4, 0.5) is 18.9 Å². The van der Waals surface area contributed by atoms with Crippen LogP contribution >= 0.6 is 11.6 Å². The number of carbonyl (C=O) groups excluding carboxylic acids is 1. The number of hydrogen-bond donors (Lipinski definition) is 0. The van der Waals surface area contributed by atoms with Crippen LogP contribution in [0.15, 0.2) is 18.2 Å². The van der Waals surface area contributed by atoms with Crippen molar-refractivity contribution in [3.63, 3.8) is 0 Å². The molecule has 0 bridgehead atoms. The molecule has 1 aliphatic rings. The Morgan fingerprint density at radius 2 is 2.05 bits per heavy atom. The largest absolute Gasteiger partial charge is 0.406 e. The van der Waals surface area contributed by atoms with Crippen LogP contribution in [0.25, 0.3) is 0 Å². The molecule has 0 radical (unpaired) electrons. The number of amides is 1. The van der Waals surface area contributed by atoms with Gasteiger partial charge in [0.1, 0.15) is 11.6 Å². The molecule has 1 amide bonds. The average molecular weight is 323 g/mol. The molecule has 0 saturated heterocycles. The van der Waals surface area contributed by atoms with Gasteiger partial charge in [0.25, 0.3) is 11.6 Å². The van der Waals surface area contributed by atoms with Crippen LogP contribution in [0.5, 0.6) is 0 Å². The first kappa shape index (κ1) is 15.6.